The predicted octanol–water partition coefficient (Wildman–Crippen LogP) is -0.408. The summed E-state index contributed by atoms with van der Waals surface area (Å²) in [6.45, 7) is 3.57. The number of nitrogens with zero attached hydrogens (tertiary/aromatic N) is 1. The van der Waals surface area contributed by atoms with Crippen molar-refractivity contribution >= 4 is 16.3 Å². The molecule has 0 saturated carbocycles. The lowest BCUT2D eigenvalue weighted by Crippen LogP contribution is -2.43. The molecule has 1 amide bonds. The van der Waals surface area contributed by atoms with Crippen LogP contribution in [0, 0.1) is 5.92 Å². The summed E-state index contributed by atoms with van der Waals surface area (Å²) in [4.78, 5) is 10.3. The summed E-state index contributed by atoms with van der Waals surface area (Å²) in [7, 11) is -3.98. The smallest absolute Gasteiger partial charge is 0.419 e. The Kier molecular flexibility index (Phi) is 3.46. The third-order valence-electron chi connectivity index (χ3n) is 2.71. The summed E-state index contributed by atoms with van der Waals surface area (Å²) in [5.74, 6) is -0.183. The topological polar surface area (TPSA) is 107 Å². The summed E-state index contributed by atoms with van der Waals surface area (Å²) in [5, 5.41) is 18.1. The minimum atomic E-state index is -3.98. The van der Waals surface area contributed by atoms with Crippen LogP contribution in [-0.2, 0) is 10.2 Å². The van der Waals surface area contributed by atoms with Crippen molar-refractivity contribution in [3.63, 3.8) is 0 Å². The molecular formula is C8H16N2O5S. The van der Waals surface area contributed by atoms with Crippen molar-refractivity contribution in [3.8, 4) is 0 Å². The zero-order chi connectivity index (χ0) is 12.6. The highest BCUT2D eigenvalue weighted by molar-refractivity contribution is 7.87. The van der Waals surface area contributed by atoms with Crippen LogP contribution in [0.3, 0.4) is 0 Å². The van der Waals surface area contributed by atoms with Crippen LogP contribution in [0.4, 0.5) is 4.79 Å². The minimum Gasteiger partial charge on any atom is -0.464 e. The van der Waals surface area contributed by atoms with Gasteiger partial charge < -0.3 is 10.2 Å². The van der Waals surface area contributed by atoms with Crippen LogP contribution in [0.5, 0.6) is 0 Å². The van der Waals surface area contributed by atoms with Crippen LogP contribution in [0.25, 0.3) is 0 Å². The molecule has 1 saturated heterocycles. The van der Waals surface area contributed by atoms with Gasteiger partial charge in [0, 0.05) is 19.0 Å². The normalized spacial score (nSPS) is 23.3. The average Bonchev–Trinajstić information content (AvgIpc) is 2.47. The third kappa shape index (κ3) is 3.06. The van der Waals surface area contributed by atoms with E-state index in [1.807, 2.05) is 0 Å². The summed E-state index contributed by atoms with van der Waals surface area (Å²) in [5.41, 5.74) is -0.965. The molecule has 1 rings (SSSR count). The number of carboxylic acid groups (broad SMARTS) is 1. The van der Waals surface area contributed by atoms with Gasteiger partial charge in [0.15, 0.2) is 0 Å². The number of hydrogen-bond donors (Lipinski definition) is 3. The molecule has 1 atom stereocenters. The number of rotatable bonds is 3. The molecule has 94 valence electrons. The molecule has 7 nitrogen and oxygen atoms in total. The fourth-order valence-electron chi connectivity index (χ4n) is 1.70. The summed E-state index contributed by atoms with van der Waals surface area (Å²) in [6, 6.07) is 0. The van der Waals surface area contributed by atoms with Gasteiger partial charge in [0.05, 0.1) is 5.60 Å². The number of carbonyl (C=O) groups is 1. The van der Waals surface area contributed by atoms with Gasteiger partial charge in [0.25, 0.3) is 0 Å². The Morgan fingerprint density at radius 2 is 2.06 bits per heavy atom. The van der Waals surface area contributed by atoms with Gasteiger partial charge in [-0.3, -0.25) is 0 Å². The zero-order valence-corrected chi connectivity index (χ0v) is 9.99. The van der Waals surface area contributed by atoms with Crippen LogP contribution < -0.4 is 4.72 Å². The molecule has 8 heteroatoms. The Labute approximate surface area is 94.2 Å². The second kappa shape index (κ2) is 4.19. The van der Waals surface area contributed by atoms with Crippen LogP contribution in [0.2, 0.25) is 0 Å². The van der Waals surface area contributed by atoms with Gasteiger partial charge in [-0.25, -0.2) is 9.52 Å². The first kappa shape index (κ1) is 13.2. The number of aliphatic hydroxyl groups is 1. The molecule has 1 aliphatic heterocycles. The molecule has 0 aromatic rings. The molecule has 3 N–H and O–H groups in total. The van der Waals surface area contributed by atoms with Crippen LogP contribution >= 0.6 is 0 Å². The van der Waals surface area contributed by atoms with E-state index in [0.717, 1.165) is 4.31 Å². The van der Waals surface area contributed by atoms with Gasteiger partial charge in [-0.2, -0.15) is 12.7 Å². The highest BCUT2D eigenvalue weighted by atomic mass is 32.2. The van der Waals surface area contributed by atoms with Gasteiger partial charge in [0.1, 0.15) is 0 Å². The van der Waals surface area contributed by atoms with Crippen molar-refractivity contribution in [2.24, 2.45) is 5.92 Å². The van der Waals surface area contributed by atoms with Gasteiger partial charge in [-0.15, -0.1) is 0 Å². The summed E-state index contributed by atoms with van der Waals surface area (Å²) in [6.07, 6.45) is -1.09. The number of nitrogens with one attached hydrogen (secondary N) is 1. The average molecular weight is 252 g/mol. The molecule has 16 heavy (non-hydrogen) atoms. The fraction of sp³-hybridized carbons (Fsp3) is 0.875. The van der Waals surface area contributed by atoms with E-state index in [4.69, 9.17) is 5.11 Å². The van der Waals surface area contributed by atoms with Crippen molar-refractivity contribution < 1.29 is 23.4 Å². The number of amides is 1. The zero-order valence-electron chi connectivity index (χ0n) is 9.17. The van der Waals surface area contributed by atoms with E-state index in [9.17, 15) is 18.3 Å². The maximum Gasteiger partial charge on any atom is 0.419 e. The van der Waals surface area contributed by atoms with Crippen molar-refractivity contribution in [1.29, 1.82) is 0 Å². The minimum absolute atomic E-state index is 0.131. The van der Waals surface area contributed by atoms with Crippen LogP contribution in [-0.4, -0.2) is 47.7 Å². The fourth-order valence-corrected chi connectivity index (χ4v) is 2.77. The molecule has 1 aliphatic rings. The maximum absolute atomic E-state index is 11.5. The van der Waals surface area contributed by atoms with Crippen LogP contribution in [0.15, 0.2) is 0 Å². The summed E-state index contributed by atoms with van der Waals surface area (Å²) >= 11 is 0. The number of hydrogen-bond acceptors (Lipinski definition) is 4. The molecule has 0 aliphatic carbocycles. The van der Waals surface area contributed by atoms with E-state index in [1.165, 1.54) is 4.72 Å². The van der Waals surface area contributed by atoms with Gasteiger partial charge in [-0.1, -0.05) is 0 Å². The lowest BCUT2D eigenvalue weighted by molar-refractivity contribution is 0.0236. The van der Waals surface area contributed by atoms with E-state index in [1.54, 1.807) is 13.8 Å². The van der Waals surface area contributed by atoms with Crippen molar-refractivity contribution in [1.82, 2.24) is 9.03 Å². The summed E-state index contributed by atoms with van der Waals surface area (Å²) < 4.78 is 25.4. The highest BCUT2D eigenvalue weighted by Gasteiger charge is 2.38. The Hall–Kier alpha value is -0.860. The second-order valence-electron chi connectivity index (χ2n) is 4.41. The molecular weight excluding hydrogens is 236 g/mol. The third-order valence-corrected chi connectivity index (χ3v) is 4.15. The van der Waals surface area contributed by atoms with E-state index in [2.05, 4.69) is 0 Å². The molecule has 1 heterocycles. The first-order valence-electron chi connectivity index (χ1n) is 4.86. The van der Waals surface area contributed by atoms with Gasteiger partial charge in [0.2, 0.25) is 0 Å². The van der Waals surface area contributed by atoms with E-state index in [0.29, 0.717) is 6.42 Å². The first-order chi connectivity index (χ1) is 7.13. The lowest BCUT2D eigenvalue weighted by atomic mass is 9.91. The maximum atomic E-state index is 11.5. The quantitative estimate of drug-likeness (QED) is 0.633. The van der Waals surface area contributed by atoms with E-state index < -0.39 is 21.9 Å². The predicted molar refractivity (Wildman–Crippen MR) is 56.1 cm³/mol. The Balaban J connectivity index is 2.70. The first-order valence-corrected chi connectivity index (χ1v) is 6.30. The Bertz CT molecular complexity index is 372. The lowest BCUT2D eigenvalue weighted by Gasteiger charge is -2.25. The Morgan fingerprint density at radius 3 is 2.44 bits per heavy atom. The van der Waals surface area contributed by atoms with Crippen molar-refractivity contribution in [2.75, 3.05) is 13.1 Å². The Morgan fingerprint density at radius 1 is 1.50 bits per heavy atom. The molecule has 0 spiro atoms. The monoisotopic (exact) mass is 252 g/mol. The van der Waals surface area contributed by atoms with Gasteiger partial charge >= 0.3 is 16.3 Å². The molecule has 1 unspecified atom stereocenters. The molecule has 1 fully saturated rings. The molecule has 0 bridgehead atoms. The highest BCUT2D eigenvalue weighted by Crippen LogP contribution is 2.28. The van der Waals surface area contributed by atoms with E-state index in [-0.39, 0.29) is 19.0 Å². The van der Waals surface area contributed by atoms with Crippen molar-refractivity contribution in [3.05, 3.63) is 0 Å². The van der Waals surface area contributed by atoms with Crippen molar-refractivity contribution in [2.45, 2.75) is 25.9 Å². The SMILES string of the molecule is CC(C)(O)C1CCN(S(=O)(=O)NC(=O)O)C1. The second-order valence-corrected chi connectivity index (χ2v) is 6.08. The van der Waals surface area contributed by atoms with Crippen LogP contribution in [0.1, 0.15) is 20.3 Å². The largest absolute Gasteiger partial charge is 0.464 e. The van der Waals surface area contributed by atoms with Gasteiger partial charge in [-0.05, 0) is 20.3 Å². The van der Waals surface area contributed by atoms with E-state index >= 15 is 0 Å². The molecule has 0 radical (unpaired) electrons. The molecule has 0 aromatic heterocycles. The molecule has 0 aromatic carbocycles. The standard InChI is InChI=1S/C8H16N2O5S/c1-8(2,13)6-3-4-10(5-6)16(14,15)9-7(11)12/h6,9,13H,3-5H2,1-2H3,(H,11,12).